The fourth-order valence-electron chi connectivity index (χ4n) is 2.42. The number of fused-ring (bicyclic) bond motifs is 1. The van der Waals surface area contributed by atoms with Crippen LogP contribution in [0.3, 0.4) is 0 Å². The van der Waals surface area contributed by atoms with E-state index in [4.69, 9.17) is 4.74 Å². The van der Waals surface area contributed by atoms with Crippen molar-refractivity contribution in [2.75, 3.05) is 18.1 Å². The third kappa shape index (κ3) is 1.63. The Bertz CT molecular complexity index is 410. The van der Waals surface area contributed by atoms with Gasteiger partial charge in [-0.2, -0.15) is 0 Å². The minimum atomic E-state index is 0.136. The van der Waals surface area contributed by atoms with Gasteiger partial charge in [-0.25, -0.2) is 0 Å². The van der Waals surface area contributed by atoms with E-state index in [0.717, 1.165) is 11.3 Å². The second-order valence-electron chi connectivity index (χ2n) is 4.31. The Hall–Kier alpha value is -0.960. The summed E-state index contributed by atoms with van der Waals surface area (Å²) >= 11 is 0. The van der Waals surface area contributed by atoms with Crippen LogP contribution in [0.25, 0.3) is 0 Å². The molecule has 2 heterocycles. The Morgan fingerprint density at radius 3 is 2.75 bits per heavy atom. The first-order chi connectivity index (χ1) is 7.86. The molecule has 3 heteroatoms. The SMILES string of the molecule is O=C1c2ccccc2OCC1[S+]1CCCC1. The van der Waals surface area contributed by atoms with Gasteiger partial charge >= 0.3 is 0 Å². The number of carbonyl (C=O) groups excluding carboxylic acids is 1. The van der Waals surface area contributed by atoms with E-state index in [1.807, 2.05) is 24.3 Å². The first-order valence-electron chi connectivity index (χ1n) is 5.78. The maximum atomic E-state index is 12.3. The molecule has 0 aliphatic carbocycles. The smallest absolute Gasteiger partial charge is 0.222 e. The molecule has 3 rings (SSSR count). The van der Waals surface area contributed by atoms with Gasteiger partial charge in [-0.3, -0.25) is 4.79 Å². The summed E-state index contributed by atoms with van der Waals surface area (Å²) in [5, 5.41) is 0.136. The Morgan fingerprint density at radius 1 is 1.19 bits per heavy atom. The van der Waals surface area contributed by atoms with Crippen molar-refractivity contribution in [3.63, 3.8) is 0 Å². The van der Waals surface area contributed by atoms with Crippen molar-refractivity contribution >= 4 is 16.7 Å². The zero-order valence-electron chi connectivity index (χ0n) is 9.15. The van der Waals surface area contributed by atoms with Gasteiger partial charge < -0.3 is 4.74 Å². The highest BCUT2D eigenvalue weighted by atomic mass is 32.2. The molecule has 0 aromatic heterocycles. The van der Waals surface area contributed by atoms with Gasteiger partial charge in [0, 0.05) is 10.9 Å². The van der Waals surface area contributed by atoms with E-state index in [2.05, 4.69) is 0 Å². The van der Waals surface area contributed by atoms with Crippen LogP contribution in [0, 0.1) is 0 Å². The molecule has 0 amide bonds. The number of hydrogen-bond donors (Lipinski definition) is 0. The molecule has 0 N–H and O–H groups in total. The Morgan fingerprint density at radius 2 is 1.94 bits per heavy atom. The Balaban J connectivity index is 1.88. The summed E-state index contributed by atoms with van der Waals surface area (Å²) in [4.78, 5) is 12.3. The molecule has 2 nitrogen and oxygen atoms in total. The lowest BCUT2D eigenvalue weighted by molar-refractivity contribution is 0.0942. The number of benzene rings is 1. The molecule has 16 heavy (non-hydrogen) atoms. The number of rotatable bonds is 1. The van der Waals surface area contributed by atoms with Crippen LogP contribution in [0.15, 0.2) is 24.3 Å². The zero-order valence-corrected chi connectivity index (χ0v) is 9.96. The molecule has 0 bridgehead atoms. The standard InChI is InChI=1S/C13H15O2S/c14-13-10-5-1-2-6-11(10)15-9-12(13)16-7-3-4-8-16/h1-2,5-6,12H,3-4,7-9H2/q+1. The topological polar surface area (TPSA) is 26.3 Å². The third-order valence-electron chi connectivity index (χ3n) is 3.30. The summed E-state index contributed by atoms with van der Waals surface area (Å²) in [6.45, 7) is 0.596. The molecule has 1 unspecified atom stereocenters. The summed E-state index contributed by atoms with van der Waals surface area (Å²) in [7, 11) is 0.274. The van der Waals surface area contributed by atoms with Crippen molar-refractivity contribution < 1.29 is 9.53 Å². The van der Waals surface area contributed by atoms with Gasteiger partial charge in [-0.15, -0.1) is 0 Å². The summed E-state index contributed by atoms with van der Waals surface area (Å²) in [5.74, 6) is 3.53. The second kappa shape index (κ2) is 4.13. The van der Waals surface area contributed by atoms with Crippen LogP contribution in [-0.2, 0) is 10.9 Å². The molecule has 0 spiro atoms. The highest BCUT2D eigenvalue weighted by Gasteiger charge is 2.43. The van der Waals surface area contributed by atoms with E-state index in [0.29, 0.717) is 12.4 Å². The van der Waals surface area contributed by atoms with Gasteiger partial charge in [0.25, 0.3) is 0 Å². The van der Waals surface area contributed by atoms with E-state index in [1.165, 1.54) is 24.3 Å². The fraction of sp³-hybridized carbons (Fsp3) is 0.462. The van der Waals surface area contributed by atoms with Crippen LogP contribution in [0.1, 0.15) is 23.2 Å². The number of ketones is 1. The maximum absolute atomic E-state index is 12.3. The highest BCUT2D eigenvalue weighted by molar-refractivity contribution is 7.98. The van der Waals surface area contributed by atoms with Crippen LogP contribution >= 0.6 is 0 Å². The molecule has 1 fully saturated rings. The first kappa shape index (κ1) is 10.2. The number of para-hydroxylation sites is 1. The minimum Gasteiger partial charge on any atom is -0.487 e. The van der Waals surface area contributed by atoms with Crippen LogP contribution < -0.4 is 4.74 Å². The summed E-state index contributed by atoms with van der Waals surface area (Å²) < 4.78 is 5.70. The van der Waals surface area contributed by atoms with Crippen molar-refractivity contribution in [3.8, 4) is 5.75 Å². The Kier molecular flexibility index (Phi) is 2.64. The first-order valence-corrected chi connectivity index (χ1v) is 7.41. The van der Waals surface area contributed by atoms with Gasteiger partial charge in [0.2, 0.25) is 11.0 Å². The summed E-state index contributed by atoms with van der Waals surface area (Å²) in [5.41, 5.74) is 0.790. The van der Waals surface area contributed by atoms with Gasteiger partial charge in [0.1, 0.15) is 23.9 Å². The molecule has 2 aliphatic rings. The predicted molar refractivity (Wildman–Crippen MR) is 66.4 cm³/mol. The van der Waals surface area contributed by atoms with Gasteiger partial charge in [0.05, 0.1) is 5.56 Å². The number of Topliss-reactive ketones (excluding diaryl/α,β-unsaturated/α-hetero) is 1. The van der Waals surface area contributed by atoms with Crippen molar-refractivity contribution in [1.82, 2.24) is 0 Å². The monoisotopic (exact) mass is 235 g/mol. The van der Waals surface area contributed by atoms with Crippen molar-refractivity contribution in [2.24, 2.45) is 0 Å². The summed E-state index contributed by atoms with van der Waals surface area (Å²) in [6.07, 6.45) is 2.57. The van der Waals surface area contributed by atoms with E-state index in [-0.39, 0.29) is 16.1 Å². The van der Waals surface area contributed by atoms with Crippen LogP contribution in [0.4, 0.5) is 0 Å². The van der Waals surface area contributed by atoms with Crippen LogP contribution in [0.2, 0.25) is 0 Å². The zero-order chi connectivity index (χ0) is 11.0. The van der Waals surface area contributed by atoms with E-state index < -0.39 is 0 Å². The van der Waals surface area contributed by atoms with Crippen molar-refractivity contribution in [2.45, 2.75) is 18.1 Å². The largest absolute Gasteiger partial charge is 0.487 e. The maximum Gasteiger partial charge on any atom is 0.222 e. The minimum absolute atomic E-state index is 0.136. The molecule has 1 atom stereocenters. The lowest BCUT2D eigenvalue weighted by Gasteiger charge is -2.22. The molecule has 0 radical (unpaired) electrons. The van der Waals surface area contributed by atoms with E-state index in [9.17, 15) is 4.79 Å². The normalized spacial score (nSPS) is 25.2. The highest BCUT2D eigenvalue weighted by Crippen LogP contribution is 2.30. The van der Waals surface area contributed by atoms with Gasteiger partial charge in [-0.1, -0.05) is 12.1 Å². The molecule has 1 aromatic carbocycles. The number of carbonyl (C=O) groups is 1. The predicted octanol–water partition coefficient (Wildman–Crippen LogP) is 2.04. The quantitative estimate of drug-likeness (QED) is 0.696. The molecular formula is C13H15O2S+. The molecular weight excluding hydrogens is 220 g/mol. The lowest BCUT2D eigenvalue weighted by atomic mass is 10.1. The molecule has 1 aromatic rings. The summed E-state index contributed by atoms with van der Waals surface area (Å²) in [6, 6.07) is 7.62. The average molecular weight is 235 g/mol. The third-order valence-corrected chi connectivity index (χ3v) is 6.08. The fourth-order valence-corrected chi connectivity index (χ4v) is 5.03. The van der Waals surface area contributed by atoms with Gasteiger partial charge in [0.15, 0.2) is 0 Å². The number of ether oxygens (including phenoxy) is 1. The Labute approximate surface area is 98.3 Å². The van der Waals surface area contributed by atoms with E-state index >= 15 is 0 Å². The van der Waals surface area contributed by atoms with Crippen LogP contribution in [-0.4, -0.2) is 29.1 Å². The van der Waals surface area contributed by atoms with Crippen LogP contribution in [0.5, 0.6) is 5.75 Å². The average Bonchev–Trinajstić information content (AvgIpc) is 2.83. The van der Waals surface area contributed by atoms with Crippen molar-refractivity contribution in [3.05, 3.63) is 29.8 Å². The van der Waals surface area contributed by atoms with Crippen molar-refractivity contribution in [1.29, 1.82) is 0 Å². The van der Waals surface area contributed by atoms with Gasteiger partial charge in [-0.05, 0) is 25.0 Å². The molecule has 0 saturated carbocycles. The molecule has 84 valence electrons. The number of hydrogen-bond acceptors (Lipinski definition) is 2. The molecule has 1 saturated heterocycles. The molecule has 2 aliphatic heterocycles. The second-order valence-corrected chi connectivity index (χ2v) is 6.77. The van der Waals surface area contributed by atoms with E-state index in [1.54, 1.807) is 0 Å². The lowest BCUT2D eigenvalue weighted by Crippen LogP contribution is -2.40.